The van der Waals surface area contributed by atoms with Crippen molar-refractivity contribution in [3.63, 3.8) is 0 Å². The number of hydrogen-bond donors (Lipinski definition) is 0. The maximum absolute atomic E-state index is 11.3. The van der Waals surface area contributed by atoms with Crippen LogP contribution in [0.5, 0.6) is 11.5 Å². The number of halogens is 1. The Morgan fingerprint density at radius 2 is 1.93 bits per heavy atom. The van der Waals surface area contributed by atoms with Crippen LogP contribution in [0.4, 0.5) is 0 Å². The molecule has 0 amide bonds. The van der Waals surface area contributed by atoms with Gasteiger partial charge in [-0.25, -0.2) is 0 Å². The summed E-state index contributed by atoms with van der Waals surface area (Å²) in [5.41, 5.74) is 0.581. The molecule has 0 fully saturated rings. The van der Waals surface area contributed by atoms with Crippen LogP contribution in [0.1, 0.15) is 17.3 Å². The molecule has 14 heavy (non-hydrogen) atoms. The van der Waals surface area contributed by atoms with E-state index in [0.29, 0.717) is 17.1 Å². The maximum atomic E-state index is 11.3. The molecule has 0 spiro atoms. The van der Waals surface area contributed by atoms with Gasteiger partial charge in [0.25, 0.3) is 0 Å². The van der Waals surface area contributed by atoms with Crippen molar-refractivity contribution in [2.75, 3.05) is 14.2 Å². The molecule has 0 aliphatic rings. The Bertz CT molecular complexity index is 361. The molecule has 0 aromatic heterocycles. The summed E-state index contributed by atoms with van der Waals surface area (Å²) in [5, 5.41) is 0. The third kappa shape index (κ3) is 2.00. The minimum absolute atomic E-state index is 0.0116. The molecule has 4 heteroatoms. The zero-order chi connectivity index (χ0) is 10.7. The third-order valence-electron chi connectivity index (χ3n) is 1.87. The average molecular weight is 306 g/mol. The van der Waals surface area contributed by atoms with E-state index in [-0.39, 0.29) is 5.78 Å². The molecule has 3 nitrogen and oxygen atoms in total. The minimum Gasteiger partial charge on any atom is -0.496 e. The standard InChI is InChI=1S/C10H11IO3/c1-6(12)7-4-5-8(13-2)9(11)10(7)14-3/h4-5H,1-3H3. The van der Waals surface area contributed by atoms with Gasteiger partial charge in [-0.2, -0.15) is 0 Å². The van der Waals surface area contributed by atoms with Crippen molar-refractivity contribution >= 4 is 28.4 Å². The highest BCUT2D eigenvalue weighted by Gasteiger charge is 2.14. The third-order valence-corrected chi connectivity index (χ3v) is 2.89. The molecule has 0 unspecified atom stereocenters. The summed E-state index contributed by atoms with van der Waals surface area (Å²) >= 11 is 2.10. The molecule has 0 bridgehead atoms. The number of methoxy groups -OCH3 is 2. The Hall–Kier alpha value is -0.780. The number of Topliss-reactive ketones (excluding diaryl/α,β-unsaturated/α-hetero) is 1. The van der Waals surface area contributed by atoms with Crippen molar-refractivity contribution in [1.82, 2.24) is 0 Å². The van der Waals surface area contributed by atoms with Crippen LogP contribution in [0.3, 0.4) is 0 Å². The molecular weight excluding hydrogens is 295 g/mol. The van der Waals surface area contributed by atoms with Crippen LogP contribution in [-0.4, -0.2) is 20.0 Å². The number of carbonyl (C=O) groups excluding carboxylic acids is 1. The molecule has 0 saturated heterocycles. The number of carbonyl (C=O) groups is 1. The van der Waals surface area contributed by atoms with Gasteiger partial charge in [-0.15, -0.1) is 0 Å². The zero-order valence-electron chi connectivity index (χ0n) is 8.26. The van der Waals surface area contributed by atoms with Crippen LogP contribution in [0, 0.1) is 3.57 Å². The summed E-state index contributed by atoms with van der Waals surface area (Å²) in [6, 6.07) is 3.48. The van der Waals surface area contributed by atoms with Crippen molar-refractivity contribution in [2.24, 2.45) is 0 Å². The molecule has 1 aromatic rings. The maximum Gasteiger partial charge on any atom is 0.163 e. The van der Waals surface area contributed by atoms with Crippen molar-refractivity contribution < 1.29 is 14.3 Å². The first-order valence-corrected chi connectivity index (χ1v) is 5.11. The molecular formula is C10H11IO3. The van der Waals surface area contributed by atoms with E-state index < -0.39 is 0 Å². The van der Waals surface area contributed by atoms with E-state index in [9.17, 15) is 4.79 Å². The summed E-state index contributed by atoms with van der Waals surface area (Å²) in [4.78, 5) is 11.3. The number of rotatable bonds is 3. The van der Waals surface area contributed by atoms with Crippen LogP contribution < -0.4 is 9.47 Å². The molecule has 0 N–H and O–H groups in total. The topological polar surface area (TPSA) is 35.5 Å². The van der Waals surface area contributed by atoms with E-state index in [0.717, 1.165) is 3.57 Å². The second-order valence-corrected chi connectivity index (χ2v) is 3.80. The lowest BCUT2D eigenvalue weighted by molar-refractivity contribution is 0.101. The quantitative estimate of drug-likeness (QED) is 0.636. The van der Waals surface area contributed by atoms with Gasteiger partial charge in [-0.05, 0) is 41.6 Å². The lowest BCUT2D eigenvalue weighted by atomic mass is 10.1. The molecule has 0 saturated carbocycles. The minimum atomic E-state index is -0.0116. The first-order valence-electron chi connectivity index (χ1n) is 4.03. The molecule has 0 aliphatic heterocycles. The summed E-state index contributed by atoms with van der Waals surface area (Å²) in [6.45, 7) is 1.51. The highest BCUT2D eigenvalue weighted by molar-refractivity contribution is 14.1. The molecule has 0 heterocycles. The molecule has 76 valence electrons. The van der Waals surface area contributed by atoms with Gasteiger partial charge in [0.1, 0.15) is 11.5 Å². The Labute approximate surface area is 96.5 Å². The van der Waals surface area contributed by atoms with Crippen LogP contribution in [-0.2, 0) is 0 Å². The van der Waals surface area contributed by atoms with E-state index >= 15 is 0 Å². The molecule has 0 radical (unpaired) electrons. The highest BCUT2D eigenvalue weighted by atomic mass is 127. The second kappa shape index (κ2) is 4.63. The SMILES string of the molecule is COc1ccc(C(C)=O)c(OC)c1I. The lowest BCUT2D eigenvalue weighted by Gasteiger charge is -2.11. The summed E-state index contributed by atoms with van der Waals surface area (Å²) < 4.78 is 11.1. The number of ether oxygens (including phenoxy) is 2. The van der Waals surface area contributed by atoms with Gasteiger partial charge in [0, 0.05) is 0 Å². The van der Waals surface area contributed by atoms with Crippen molar-refractivity contribution in [3.05, 3.63) is 21.3 Å². The van der Waals surface area contributed by atoms with Crippen molar-refractivity contribution in [3.8, 4) is 11.5 Å². The van der Waals surface area contributed by atoms with Crippen molar-refractivity contribution in [1.29, 1.82) is 0 Å². The Balaban J connectivity index is 3.35. The monoisotopic (exact) mass is 306 g/mol. The van der Waals surface area contributed by atoms with Gasteiger partial charge in [0.05, 0.1) is 23.4 Å². The first-order chi connectivity index (χ1) is 6.61. The number of ketones is 1. The van der Waals surface area contributed by atoms with Crippen LogP contribution in [0.15, 0.2) is 12.1 Å². The second-order valence-electron chi connectivity index (χ2n) is 2.72. The molecule has 0 atom stereocenters. The molecule has 1 rings (SSSR count). The highest BCUT2D eigenvalue weighted by Crippen LogP contribution is 2.33. The largest absolute Gasteiger partial charge is 0.496 e. The van der Waals surface area contributed by atoms with E-state index in [1.807, 2.05) is 0 Å². The smallest absolute Gasteiger partial charge is 0.163 e. The van der Waals surface area contributed by atoms with Gasteiger partial charge < -0.3 is 9.47 Å². The van der Waals surface area contributed by atoms with Gasteiger partial charge in [-0.3, -0.25) is 4.79 Å². The normalized spacial score (nSPS) is 9.71. The predicted molar refractivity (Wildman–Crippen MR) is 62.3 cm³/mol. The van der Waals surface area contributed by atoms with Crippen molar-refractivity contribution in [2.45, 2.75) is 6.92 Å². The predicted octanol–water partition coefficient (Wildman–Crippen LogP) is 2.51. The van der Waals surface area contributed by atoms with E-state index in [4.69, 9.17) is 9.47 Å². The van der Waals surface area contributed by atoms with Gasteiger partial charge in [0.15, 0.2) is 5.78 Å². The Morgan fingerprint density at radius 1 is 1.29 bits per heavy atom. The fourth-order valence-electron chi connectivity index (χ4n) is 1.17. The van der Waals surface area contributed by atoms with Crippen LogP contribution >= 0.6 is 22.6 Å². The lowest BCUT2D eigenvalue weighted by Crippen LogP contribution is -2.01. The summed E-state index contributed by atoms with van der Waals surface area (Å²) in [5.74, 6) is 1.28. The van der Waals surface area contributed by atoms with Crippen LogP contribution in [0.2, 0.25) is 0 Å². The Kier molecular flexibility index (Phi) is 3.74. The number of hydrogen-bond acceptors (Lipinski definition) is 3. The zero-order valence-corrected chi connectivity index (χ0v) is 10.4. The van der Waals surface area contributed by atoms with E-state index in [1.165, 1.54) is 6.92 Å². The van der Waals surface area contributed by atoms with Crippen LogP contribution in [0.25, 0.3) is 0 Å². The number of benzene rings is 1. The fraction of sp³-hybridized carbons (Fsp3) is 0.300. The van der Waals surface area contributed by atoms with Gasteiger partial charge in [-0.1, -0.05) is 0 Å². The van der Waals surface area contributed by atoms with Gasteiger partial charge >= 0.3 is 0 Å². The average Bonchev–Trinajstić information content (AvgIpc) is 2.17. The summed E-state index contributed by atoms with van der Waals surface area (Å²) in [6.07, 6.45) is 0. The first kappa shape index (κ1) is 11.3. The molecule has 0 aliphatic carbocycles. The van der Waals surface area contributed by atoms with E-state index in [2.05, 4.69) is 22.6 Å². The van der Waals surface area contributed by atoms with Gasteiger partial charge in [0.2, 0.25) is 0 Å². The van der Waals surface area contributed by atoms with E-state index in [1.54, 1.807) is 26.4 Å². The fourth-order valence-corrected chi connectivity index (χ4v) is 2.08. The molecule has 1 aromatic carbocycles. The Morgan fingerprint density at radius 3 is 2.36 bits per heavy atom. The summed E-state index contributed by atoms with van der Waals surface area (Å²) in [7, 11) is 3.13.